The Morgan fingerprint density at radius 3 is 2.66 bits per heavy atom. The van der Waals surface area contributed by atoms with Gasteiger partial charge >= 0.3 is 0 Å². The summed E-state index contributed by atoms with van der Waals surface area (Å²) >= 11 is 12.5. The van der Waals surface area contributed by atoms with Crippen molar-refractivity contribution in [1.29, 1.82) is 0 Å². The first kappa shape index (κ1) is 23.6. The molecule has 4 aromatic rings. The van der Waals surface area contributed by atoms with Crippen LogP contribution in [0.2, 0.25) is 10.3 Å². The maximum absolute atomic E-state index is 6.33. The molecule has 0 saturated heterocycles. The van der Waals surface area contributed by atoms with Crippen molar-refractivity contribution >= 4 is 40.2 Å². The van der Waals surface area contributed by atoms with E-state index >= 15 is 0 Å². The standard InChI is InChI=1S/C27H27Cl2N5O/c1-3-14-35-22-11-4-17(2)15-21(22)26-31-25-23(34(26)16-19-7-9-20(28)10-8-19)24(32-27(29)33-25)30-13-12-18-5-6-18/h3-4,7-11,15,18H,1,5-6,12-14,16H2,2H3,(H,30,32,33). The Morgan fingerprint density at radius 1 is 1.11 bits per heavy atom. The van der Waals surface area contributed by atoms with Crippen molar-refractivity contribution < 1.29 is 4.74 Å². The van der Waals surface area contributed by atoms with E-state index in [-0.39, 0.29) is 5.28 Å². The minimum Gasteiger partial charge on any atom is -0.489 e. The van der Waals surface area contributed by atoms with Crippen LogP contribution in [0, 0.1) is 12.8 Å². The molecule has 180 valence electrons. The van der Waals surface area contributed by atoms with Gasteiger partial charge < -0.3 is 14.6 Å². The minimum absolute atomic E-state index is 0.168. The summed E-state index contributed by atoms with van der Waals surface area (Å²) in [4.78, 5) is 14.0. The largest absolute Gasteiger partial charge is 0.489 e. The fourth-order valence-corrected chi connectivity index (χ4v) is 4.45. The lowest BCUT2D eigenvalue weighted by atomic mass is 10.1. The van der Waals surface area contributed by atoms with Crippen LogP contribution in [0.5, 0.6) is 5.75 Å². The normalized spacial score (nSPS) is 13.2. The molecule has 0 radical (unpaired) electrons. The van der Waals surface area contributed by atoms with Gasteiger partial charge in [-0.15, -0.1) is 0 Å². The van der Waals surface area contributed by atoms with Gasteiger partial charge in [0.15, 0.2) is 11.5 Å². The summed E-state index contributed by atoms with van der Waals surface area (Å²) in [6, 6.07) is 13.9. The number of nitrogens with one attached hydrogen (secondary N) is 1. The van der Waals surface area contributed by atoms with E-state index in [1.54, 1.807) is 6.08 Å². The lowest BCUT2D eigenvalue weighted by molar-refractivity contribution is 0.364. The van der Waals surface area contributed by atoms with Gasteiger partial charge in [0.2, 0.25) is 5.28 Å². The number of hydrogen-bond donors (Lipinski definition) is 1. The number of aryl methyl sites for hydroxylation is 1. The zero-order valence-corrected chi connectivity index (χ0v) is 21.1. The number of nitrogens with zero attached hydrogens (tertiary/aromatic N) is 4. The number of fused-ring (bicyclic) bond motifs is 1. The van der Waals surface area contributed by atoms with E-state index in [1.165, 1.54) is 12.8 Å². The van der Waals surface area contributed by atoms with Gasteiger partial charge in [0, 0.05) is 18.1 Å². The van der Waals surface area contributed by atoms with Crippen LogP contribution in [-0.2, 0) is 6.54 Å². The van der Waals surface area contributed by atoms with E-state index in [0.29, 0.717) is 29.6 Å². The van der Waals surface area contributed by atoms with Crippen LogP contribution in [0.1, 0.15) is 30.4 Å². The highest BCUT2D eigenvalue weighted by Crippen LogP contribution is 2.36. The van der Waals surface area contributed by atoms with Crippen LogP contribution in [-0.4, -0.2) is 32.7 Å². The molecule has 2 heterocycles. The maximum atomic E-state index is 6.33. The Morgan fingerprint density at radius 2 is 1.91 bits per heavy atom. The molecule has 0 bridgehead atoms. The molecule has 1 saturated carbocycles. The molecule has 0 aliphatic heterocycles. The van der Waals surface area contributed by atoms with Crippen molar-refractivity contribution in [3.8, 4) is 17.1 Å². The Balaban J connectivity index is 1.67. The first-order valence-corrected chi connectivity index (χ1v) is 12.5. The van der Waals surface area contributed by atoms with Crippen LogP contribution in [0.25, 0.3) is 22.6 Å². The smallest absolute Gasteiger partial charge is 0.226 e. The number of hydrogen-bond acceptors (Lipinski definition) is 5. The quantitative estimate of drug-likeness (QED) is 0.186. The van der Waals surface area contributed by atoms with E-state index in [9.17, 15) is 0 Å². The molecule has 0 atom stereocenters. The summed E-state index contributed by atoms with van der Waals surface area (Å²) < 4.78 is 8.13. The Labute approximate surface area is 215 Å². The maximum Gasteiger partial charge on any atom is 0.226 e. The number of benzene rings is 2. The molecule has 6 nitrogen and oxygen atoms in total. The van der Waals surface area contributed by atoms with Crippen LogP contribution in [0.4, 0.5) is 5.82 Å². The summed E-state index contributed by atoms with van der Waals surface area (Å²) in [6.07, 6.45) is 5.45. The second-order valence-electron chi connectivity index (χ2n) is 8.92. The van der Waals surface area contributed by atoms with E-state index in [0.717, 1.165) is 52.7 Å². The average molecular weight is 508 g/mol. The highest BCUT2D eigenvalue weighted by molar-refractivity contribution is 6.30. The van der Waals surface area contributed by atoms with Crippen molar-refractivity contribution in [2.75, 3.05) is 18.5 Å². The van der Waals surface area contributed by atoms with Gasteiger partial charge in [-0.1, -0.05) is 60.9 Å². The molecule has 0 amide bonds. The first-order chi connectivity index (χ1) is 17.0. The van der Waals surface area contributed by atoms with E-state index in [1.807, 2.05) is 36.4 Å². The van der Waals surface area contributed by atoms with Gasteiger partial charge in [0.25, 0.3) is 0 Å². The van der Waals surface area contributed by atoms with Crippen LogP contribution in [0.15, 0.2) is 55.1 Å². The predicted molar refractivity (Wildman–Crippen MR) is 143 cm³/mol. The zero-order valence-electron chi connectivity index (χ0n) is 19.6. The Bertz CT molecular complexity index is 1360. The van der Waals surface area contributed by atoms with Gasteiger partial charge in [-0.2, -0.15) is 9.97 Å². The molecule has 0 spiro atoms. The van der Waals surface area contributed by atoms with Gasteiger partial charge in [0.05, 0.1) is 5.56 Å². The van der Waals surface area contributed by atoms with Crippen molar-refractivity contribution in [1.82, 2.24) is 19.5 Å². The highest BCUT2D eigenvalue weighted by atomic mass is 35.5. The van der Waals surface area contributed by atoms with Gasteiger partial charge in [-0.25, -0.2) is 4.98 Å². The number of ether oxygens (including phenoxy) is 1. The molecular weight excluding hydrogens is 481 g/mol. The third kappa shape index (κ3) is 5.44. The Hall–Kier alpha value is -3.09. The van der Waals surface area contributed by atoms with Gasteiger partial charge in [0.1, 0.15) is 23.7 Å². The summed E-state index contributed by atoms with van der Waals surface area (Å²) in [5.41, 5.74) is 4.40. The molecule has 1 fully saturated rings. The number of halogens is 2. The molecule has 1 aliphatic rings. The van der Waals surface area contributed by atoms with Crippen molar-refractivity contribution in [3.05, 3.63) is 76.6 Å². The fourth-order valence-electron chi connectivity index (χ4n) is 4.16. The van der Waals surface area contributed by atoms with E-state index < -0.39 is 0 Å². The number of imidazole rings is 1. The zero-order chi connectivity index (χ0) is 24.4. The molecule has 1 aliphatic carbocycles. The summed E-state index contributed by atoms with van der Waals surface area (Å²) in [5, 5.41) is 4.36. The fraction of sp³-hybridized carbons (Fsp3) is 0.296. The third-order valence-corrected chi connectivity index (χ3v) is 6.53. The van der Waals surface area contributed by atoms with Crippen LogP contribution in [0.3, 0.4) is 0 Å². The molecule has 8 heteroatoms. The highest BCUT2D eigenvalue weighted by Gasteiger charge is 2.23. The molecule has 1 N–H and O–H groups in total. The van der Waals surface area contributed by atoms with E-state index in [2.05, 4.69) is 39.4 Å². The van der Waals surface area contributed by atoms with Crippen molar-refractivity contribution in [2.24, 2.45) is 5.92 Å². The second-order valence-corrected chi connectivity index (χ2v) is 9.69. The van der Waals surface area contributed by atoms with E-state index in [4.69, 9.17) is 32.9 Å². The summed E-state index contributed by atoms with van der Waals surface area (Å²) in [5.74, 6) is 2.96. The summed E-state index contributed by atoms with van der Waals surface area (Å²) in [6.45, 7) is 7.61. The predicted octanol–water partition coefficient (Wildman–Crippen LogP) is 6.93. The van der Waals surface area contributed by atoms with Crippen molar-refractivity contribution in [3.63, 3.8) is 0 Å². The topological polar surface area (TPSA) is 64.9 Å². The van der Waals surface area contributed by atoms with Crippen molar-refractivity contribution in [2.45, 2.75) is 32.7 Å². The molecule has 35 heavy (non-hydrogen) atoms. The average Bonchev–Trinajstić information content (AvgIpc) is 3.60. The summed E-state index contributed by atoms with van der Waals surface area (Å²) in [7, 11) is 0. The molecule has 0 unspecified atom stereocenters. The van der Waals surface area contributed by atoms with Gasteiger partial charge in [-0.3, -0.25) is 0 Å². The third-order valence-electron chi connectivity index (χ3n) is 6.10. The number of rotatable bonds is 10. The monoisotopic (exact) mass is 507 g/mol. The molecule has 2 aromatic heterocycles. The second kappa shape index (κ2) is 10.3. The number of aromatic nitrogens is 4. The lowest BCUT2D eigenvalue weighted by Gasteiger charge is -2.15. The Kier molecular flexibility index (Phi) is 6.93. The number of anilines is 1. The van der Waals surface area contributed by atoms with Crippen LogP contribution < -0.4 is 10.1 Å². The lowest BCUT2D eigenvalue weighted by Crippen LogP contribution is -2.09. The molecule has 5 rings (SSSR count). The van der Waals surface area contributed by atoms with Crippen LogP contribution >= 0.6 is 23.2 Å². The SMILES string of the molecule is C=CCOc1ccc(C)cc1-c1nc2nc(Cl)nc(NCCC3CC3)c2n1Cc1ccc(Cl)cc1. The van der Waals surface area contributed by atoms with Gasteiger partial charge in [-0.05, 0) is 60.7 Å². The molecular formula is C27H27Cl2N5O. The minimum atomic E-state index is 0.168. The molecule has 2 aromatic carbocycles. The first-order valence-electron chi connectivity index (χ1n) is 11.8.